The van der Waals surface area contributed by atoms with E-state index >= 15 is 0 Å². The molecule has 1 amide bonds. The van der Waals surface area contributed by atoms with Gasteiger partial charge in [-0.1, -0.05) is 90.5 Å². The third-order valence-corrected chi connectivity index (χ3v) is 8.30. The molecular weight excluding hydrogens is 620 g/mol. The number of nitrogens with one attached hydrogen (secondary N) is 2. The van der Waals surface area contributed by atoms with E-state index in [0.29, 0.717) is 66.6 Å². The summed E-state index contributed by atoms with van der Waals surface area (Å²) in [6.45, 7) is 0. The Morgan fingerprint density at radius 3 is 2.21 bits per heavy atom. The fourth-order valence-electron chi connectivity index (χ4n) is 5.57. The Morgan fingerprint density at radius 1 is 0.750 bits per heavy atom. The van der Waals surface area contributed by atoms with Crippen molar-refractivity contribution in [3.8, 4) is 39.8 Å². The van der Waals surface area contributed by atoms with Gasteiger partial charge in [-0.25, -0.2) is 9.97 Å². The number of imidazole rings is 1. The van der Waals surface area contributed by atoms with Crippen molar-refractivity contribution >= 4 is 45.8 Å². The number of pyridine rings is 1. The minimum atomic E-state index is -0.319. The van der Waals surface area contributed by atoms with Crippen LogP contribution in [0.5, 0.6) is 0 Å². The van der Waals surface area contributed by atoms with Crippen LogP contribution in [-0.2, 0) is 0 Å². The standard InChI is InChI=1S/C39H25ClN6O2/c40-32-13-7-6-10-27(32)30-21-34(44-37(42)31(30)22-41)23-14-17-26(18-15-23)43-39(48)29-12-5-4-11-28(29)38-45-33-19-16-25(20-35(33)46-38)36(47)24-8-2-1-3-9-24/h1-21H,(H2,42,44)(H,43,48)(H,45,46). The highest BCUT2D eigenvalue weighted by molar-refractivity contribution is 6.33. The van der Waals surface area contributed by atoms with E-state index in [-0.39, 0.29) is 23.1 Å². The monoisotopic (exact) mass is 644 g/mol. The van der Waals surface area contributed by atoms with Crippen molar-refractivity contribution in [3.05, 3.63) is 155 Å². The second kappa shape index (κ2) is 12.7. The highest BCUT2D eigenvalue weighted by Gasteiger charge is 2.18. The van der Waals surface area contributed by atoms with Crippen LogP contribution in [0.15, 0.2) is 127 Å². The smallest absolute Gasteiger partial charge is 0.256 e. The van der Waals surface area contributed by atoms with Gasteiger partial charge in [0.15, 0.2) is 5.78 Å². The highest BCUT2D eigenvalue weighted by atomic mass is 35.5. The molecule has 0 spiro atoms. The number of hydrogen-bond donors (Lipinski definition) is 3. The van der Waals surface area contributed by atoms with Gasteiger partial charge in [0.1, 0.15) is 23.3 Å². The van der Waals surface area contributed by atoms with Gasteiger partial charge in [-0.15, -0.1) is 0 Å². The molecule has 230 valence electrons. The Hall–Kier alpha value is -6.56. The first kappa shape index (κ1) is 30.1. The lowest BCUT2D eigenvalue weighted by atomic mass is 9.98. The van der Waals surface area contributed by atoms with Crippen LogP contribution >= 0.6 is 11.6 Å². The number of nitrogens with zero attached hydrogens (tertiary/aromatic N) is 3. The molecule has 2 aromatic heterocycles. The van der Waals surface area contributed by atoms with Crippen molar-refractivity contribution in [1.82, 2.24) is 15.0 Å². The minimum absolute atomic E-state index is 0.0843. The highest BCUT2D eigenvalue weighted by Crippen LogP contribution is 2.35. The van der Waals surface area contributed by atoms with Crippen LogP contribution in [0.2, 0.25) is 5.02 Å². The summed E-state index contributed by atoms with van der Waals surface area (Å²) < 4.78 is 0. The summed E-state index contributed by atoms with van der Waals surface area (Å²) in [5, 5.41) is 13.2. The first-order chi connectivity index (χ1) is 23.4. The summed E-state index contributed by atoms with van der Waals surface area (Å²) >= 11 is 6.44. The van der Waals surface area contributed by atoms with E-state index in [1.54, 1.807) is 66.7 Å². The van der Waals surface area contributed by atoms with Crippen LogP contribution in [-0.4, -0.2) is 26.6 Å². The van der Waals surface area contributed by atoms with Gasteiger partial charge in [0, 0.05) is 44.1 Å². The molecule has 4 N–H and O–H groups in total. The summed E-state index contributed by atoms with van der Waals surface area (Å²) in [5.74, 6) is 0.206. The van der Waals surface area contributed by atoms with Crippen molar-refractivity contribution < 1.29 is 9.59 Å². The van der Waals surface area contributed by atoms with Crippen LogP contribution in [0.25, 0.3) is 44.8 Å². The predicted molar refractivity (Wildman–Crippen MR) is 189 cm³/mol. The normalized spacial score (nSPS) is 10.8. The van der Waals surface area contributed by atoms with Crippen molar-refractivity contribution in [2.45, 2.75) is 0 Å². The molecule has 0 atom stereocenters. The van der Waals surface area contributed by atoms with Gasteiger partial charge < -0.3 is 16.0 Å². The van der Waals surface area contributed by atoms with Gasteiger partial charge in [0.25, 0.3) is 5.91 Å². The van der Waals surface area contributed by atoms with Crippen molar-refractivity contribution in [1.29, 1.82) is 5.26 Å². The van der Waals surface area contributed by atoms with Gasteiger partial charge in [-0.3, -0.25) is 9.59 Å². The first-order valence-corrected chi connectivity index (χ1v) is 15.3. The number of carbonyl (C=O) groups excluding carboxylic acids is 2. The topological polar surface area (TPSA) is 138 Å². The maximum absolute atomic E-state index is 13.6. The molecule has 8 nitrogen and oxygen atoms in total. The number of anilines is 2. The number of carbonyl (C=O) groups is 2. The fourth-order valence-corrected chi connectivity index (χ4v) is 5.80. The number of nitriles is 1. The molecule has 0 fully saturated rings. The second-order valence-electron chi connectivity index (χ2n) is 11.0. The lowest BCUT2D eigenvalue weighted by molar-refractivity contribution is 0.102. The molecule has 7 aromatic rings. The molecule has 0 saturated carbocycles. The minimum Gasteiger partial charge on any atom is -0.383 e. The predicted octanol–water partition coefficient (Wildman–Crippen LogP) is 8.55. The second-order valence-corrected chi connectivity index (χ2v) is 11.4. The molecule has 0 aliphatic heterocycles. The average Bonchev–Trinajstić information content (AvgIpc) is 3.55. The number of nitrogen functional groups attached to an aromatic ring is 1. The number of fused-ring (bicyclic) bond motifs is 1. The van der Waals surface area contributed by atoms with Crippen LogP contribution < -0.4 is 11.1 Å². The number of rotatable bonds is 7. The summed E-state index contributed by atoms with van der Waals surface area (Å²) in [4.78, 5) is 39.0. The Kier molecular flexibility index (Phi) is 7.95. The summed E-state index contributed by atoms with van der Waals surface area (Å²) in [5.41, 5.74) is 13.1. The van der Waals surface area contributed by atoms with E-state index in [4.69, 9.17) is 22.3 Å². The molecule has 0 saturated heterocycles. The van der Waals surface area contributed by atoms with Crippen LogP contribution in [0.3, 0.4) is 0 Å². The van der Waals surface area contributed by atoms with E-state index in [0.717, 1.165) is 5.56 Å². The van der Waals surface area contributed by atoms with E-state index < -0.39 is 0 Å². The molecule has 0 unspecified atom stereocenters. The Morgan fingerprint density at radius 2 is 1.46 bits per heavy atom. The molecular formula is C39H25ClN6O2. The van der Waals surface area contributed by atoms with E-state index in [2.05, 4.69) is 21.4 Å². The number of benzene rings is 5. The number of aromatic amines is 1. The molecule has 0 bridgehead atoms. The fraction of sp³-hybridized carbons (Fsp3) is 0. The maximum Gasteiger partial charge on any atom is 0.256 e. The molecule has 2 heterocycles. The van der Waals surface area contributed by atoms with E-state index in [9.17, 15) is 14.9 Å². The number of H-pyrrole nitrogens is 1. The Balaban J connectivity index is 1.14. The average molecular weight is 645 g/mol. The molecule has 7 rings (SSSR count). The molecule has 0 aliphatic rings. The van der Waals surface area contributed by atoms with Gasteiger partial charge in [0.05, 0.1) is 22.3 Å². The summed E-state index contributed by atoms with van der Waals surface area (Å²) in [7, 11) is 0. The number of amides is 1. The van der Waals surface area contributed by atoms with Crippen molar-refractivity contribution in [2.24, 2.45) is 0 Å². The third kappa shape index (κ3) is 5.78. The third-order valence-electron chi connectivity index (χ3n) is 7.97. The molecule has 9 heteroatoms. The van der Waals surface area contributed by atoms with Crippen LogP contribution in [0, 0.1) is 11.3 Å². The van der Waals surface area contributed by atoms with Crippen LogP contribution in [0.1, 0.15) is 31.8 Å². The number of ketones is 1. The Labute approximate surface area is 280 Å². The molecule has 48 heavy (non-hydrogen) atoms. The maximum atomic E-state index is 13.6. The zero-order chi connectivity index (χ0) is 33.2. The zero-order valence-electron chi connectivity index (χ0n) is 25.2. The largest absolute Gasteiger partial charge is 0.383 e. The summed E-state index contributed by atoms with van der Waals surface area (Å²) in [6, 6.07) is 39.9. The van der Waals surface area contributed by atoms with Gasteiger partial charge in [-0.2, -0.15) is 5.26 Å². The summed E-state index contributed by atoms with van der Waals surface area (Å²) in [6.07, 6.45) is 0. The zero-order valence-corrected chi connectivity index (χ0v) is 26.0. The van der Waals surface area contributed by atoms with Gasteiger partial charge in [-0.05, 0) is 48.5 Å². The van der Waals surface area contributed by atoms with Crippen molar-refractivity contribution in [2.75, 3.05) is 11.1 Å². The Bertz CT molecular complexity index is 2400. The molecule has 0 radical (unpaired) electrons. The van der Waals surface area contributed by atoms with Gasteiger partial charge >= 0.3 is 0 Å². The van der Waals surface area contributed by atoms with E-state index in [1.807, 2.05) is 60.7 Å². The quantitative estimate of drug-likeness (QED) is 0.149. The number of nitrogens with two attached hydrogens (primary N) is 1. The van der Waals surface area contributed by atoms with Crippen molar-refractivity contribution in [3.63, 3.8) is 0 Å². The van der Waals surface area contributed by atoms with E-state index in [1.165, 1.54) is 0 Å². The molecule has 5 aromatic carbocycles. The lowest BCUT2D eigenvalue weighted by Crippen LogP contribution is -2.13. The van der Waals surface area contributed by atoms with Crippen LogP contribution in [0.4, 0.5) is 11.5 Å². The van der Waals surface area contributed by atoms with Gasteiger partial charge in [0.2, 0.25) is 0 Å². The SMILES string of the molecule is N#Cc1c(-c2ccccc2Cl)cc(-c2ccc(NC(=O)c3ccccc3-c3nc4ccc(C(=O)c5ccccc5)cc4[nH]3)cc2)nc1N. The first-order valence-electron chi connectivity index (χ1n) is 15.0. The molecule has 0 aliphatic carbocycles. The number of aromatic nitrogens is 3. The lowest BCUT2D eigenvalue weighted by Gasteiger charge is -2.12. The number of hydrogen-bond acceptors (Lipinski definition) is 6. The number of halogens is 1.